The van der Waals surface area contributed by atoms with E-state index in [1.165, 1.54) is 0 Å². The lowest BCUT2D eigenvalue weighted by atomic mass is 10.2. The highest BCUT2D eigenvalue weighted by Crippen LogP contribution is 2.08. The lowest BCUT2D eigenvalue weighted by Gasteiger charge is -2.23. The fourth-order valence-electron chi connectivity index (χ4n) is 1.35. The molecule has 0 rings (SSSR count). The molecule has 124 valence electrons. The quantitative estimate of drug-likeness (QED) is 0.719. The summed E-state index contributed by atoms with van der Waals surface area (Å²) in [7, 11) is 0. The third-order valence-corrected chi connectivity index (χ3v) is 2.10. The van der Waals surface area contributed by atoms with Crippen LogP contribution in [0.3, 0.4) is 0 Å². The number of alkyl carbamates (subject to hydrolysis) is 2. The molecule has 3 N–H and O–H groups in total. The Balaban J connectivity index is 4.06. The molecule has 0 spiro atoms. The molecule has 0 aliphatic heterocycles. The van der Waals surface area contributed by atoms with Crippen LogP contribution in [0.4, 0.5) is 9.59 Å². The maximum atomic E-state index is 11.6. The van der Waals surface area contributed by atoms with Crippen molar-refractivity contribution in [3.8, 4) is 0 Å². The molecule has 0 aromatic rings. The minimum Gasteiger partial charge on any atom is -0.444 e. The fourth-order valence-corrected chi connectivity index (χ4v) is 1.35. The second kappa shape index (κ2) is 8.07. The number of ether oxygens (including phenoxy) is 2. The number of aliphatic hydroxyl groups is 1. The summed E-state index contributed by atoms with van der Waals surface area (Å²) in [5.74, 6) is 0. The van der Waals surface area contributed by atoms with Crippen molar-refractivity contribution >= 4 is 12.2 Å². The monoisotopic (exact) mass is 304 g/mol. The molecule has 0 aromatic heterocycles. The number of rotatable bonds is 5. The number of aliphatic hydroxyl groups excluding tert-OH is 1. The van der Waals surface area contributed by atoms with E-state index in [2.05, 4.69) is 10.6 Å². The Morgan fingerprint density at radius 1 is 1.00 bits per heavy atom. The van der Waals surface area contributed by atoms with Gasteiger partial charge in [-0.05, 0) is 48.0 Å². The molecular weight excluding hydrogens is 276 g/mol. The van der Waals surface area contributed by atoms with Crippen molar-refractivity contribution in [2.75, 3.05) is 13.2 Å². The van der Waals surface area contributed by atoms with E-state index in [0.29, 0.717) is 6.42 Å². The van der Waals surface area contributed by atoms with Crippen LogP contribution in [0.5, 0.6) is 0 Å². The third kappa shape index (κ3) is 12.0. The summed E-state index contributed by atoms with van der Waals surface area (Å²) >= 11 is 0. The molecule has 0 heterocycles. The molecule has 1 atom stereocenters. The first kappa shape index (κ1) is 19.5. The molecule has 0 radical (unpaired) electrons. The van der Waals surface area contributed by atoms with Crippen molar-refractivity contribution < 1.29 is 24.2 Å². The Morgan fingerprint density at radius 2 is 1.48 bits per heavy atom. The first-order chi connectivity index (χ1) is 9.43. The summed E-state index contributed by atoms with van der Waals surface area (Å²) in [5.41, 5.74) is -1.16. The van der Waals surface area contributed by atoms with Crippen molar-refractivity contribution in [2.45, 2.75) is 65.2 Å². The Hall–Kier alpha value is -1.50. The average molecular weight is 304 g/mol. The van der Waals surface area contributed by atoms with E-state index in [-0.39, 0.29) is 13.2 Å². The van der Waals surface area contributed by atoms with Crippen LogP contribution < -0.4 is 10.6 Å². The summed E-state index contributed by atoms with van der Waals surface area (Å²) in [4.78, 5) is 23.0. The zero-order valence-corrected chi connectivity index (χ0v) is 13.8. The van der Waals surface area contributed by atoms with Crippen molar-refractivity contribution in [2.24, 2.45) is 0 Å². The van der Waals surface area contributed by atoms with E-state index >= 15 is 0 Å². The number of carbonyl (C=O) groups is 2. The normalized spacial score (nSPS) is 13.3. The zero-order valence-electron chi connectivity index (χ0n) is 13.8. The smallest absolute Gasteiger partial charge is 0.407 e. The predicted molar refractivity (Wildman–Crippen MR) is 79.1 cm³/mol. The Kier molecular flexibility index (Phi) is 7.49. The molecule has 0 saturated carbocycles. The van der Waals surface area contributed by atoms with Crippen molar-refractivity contribution in [1.29, 1.82) is 0 Å². The van der Waals surface area contributed by atoms with Crippen molar-refractivity contribution in [1.82, 2.24) is 10.6 Å². The molecule has 0 unspecified atom stereocenters. The van der Waals surface area contributed by atoms with Crippen LogP contribution >= 0.6 is 0 Å². The van der Waals surface area contributed by atoms with Gasteiger partial charge in [0.25, 0.3) is 0 Å². The number of hydrogen-bond donors (Lipinski definition) is 3. The van der Waals surface area contributed by atoms with Gasteiger partial charge in [-0.15, -0.1) is 0 Å². The van der Waals surface area contributed by atoms with Crippen molar-refractivity contribution in [3.05, 3.63) is 0 Å². The van der Waals surface area contributed by atoms with Crippen LogP contribution in [-0.4, -0.2) is 47.7 Å². The molecule has 0 fully saturated rings. The van der Waals surface area contributed by atoms with E-state index < -0.39 is 29.4 Å². The van der Waals surface area contributed by atoms with E-state index in [4.69, 9.17) is 9.47 Å². The molecule has 7 nitrogen and oxygen atoms in total. The molecule has 0 aliphatic carbocycles. The molecule has 0 saturated heterocycles. The van der Waals surface area contributed by atoms with Gasteiger partial charge >= 0.3 is 12.2 Å². The van der Waals surface area contributed by atoms with E-state index in [9.17, 15) is 14.7 Å². The highest BCUT2D eigenvalue weighted by molar-refractivity contribution is 5.68. The van der Waals surface area contributed by atoms with Gasteiger partial charge in [-0.1, -0.05) is 0 Å². The number of amides is 2. The summed E-state index contributed by atoms with van der Waals surface area (Å²) in [6.45, 7) is 10.6. The summed E-state index contributed by atoms with van der Waals surface area (Å²) in [6, 6.07) is -0.491. The Morgan fingerprint density at radius 3 is 1.90 bits per heavy atom. The van der Waals surface area contributed by atoms with Crippen LogP contribution in [0.15, 0.2) is 0 Å². The maximum Gasteiger partial charge on any atom is 0.407 e. The van der Waals surface area contributed by atoms with Crippen LogP contribution in [0.2, 0.25) is 0 Å². The minimum absolute atomic E-state index is 0.241. The lowest BCUT2D eigenvalue weighted by Crippen LogP contribution is -2.43. The minimum atomic E-state index is -0.598. The first-order valence-corrected chi connectivity index (χ1v) is 7.00. The molecule has 7 heteroatoms. The van der Waals surface area contributed by atoms with Gasteiger partial charge in [0.1, 0.15) is 11.2 Å². The van der Waals surface area contributed by atoms with E-state index in [1.54, 1.807) is 41.5 Å². The molecule has 0 aliphatic rings. The van der Waals surface area contributed by atoms with Gasteiger partial charge in [-0.25, -0.2) is 9.59 Å². The van der Waals surface area contributed by atoms with Gasteiger partial charge in [0.2, 0.25) is 0 Å². The van der Waals surface area contributed by atoms with Gasteiger partial charge in [-0.2, -0.15) is 0 Å². The first-order valence-electron chi connectivity index (χ1n) is 7.00. The maximum absolute atomic E-state index is 11.6. The number of carbonyl (C=O) groups excluding carboxylic acids is 2. The Labute approximate surface area is 126 Å². The zero-order chi connectivity index (χ0) is 16.7. The standard InChI is InChI=1S/C14H28N2O5/c1-13(2,3)20-11(18)15-8-7-10(9-17)16-12(19)21-14(4,5)6/h10,17H,7-9H2,1-6H3,(H,15,18)(H,16,19)/t10-/m0/s1. The van der Waals surface area contributed by atoms with Crippen LogP contribution in [0, 0.1) is 0 Å². The second-order valence-corrected chi connectivity index (χ2v) is 6.74. The van der Waals surface area contributed by atoms with E-state index in [0.717, 1.165) is 0 Å². The number of nitrogens with one attached hydrogen (secondary N) is 2. The average Bonchev–Trinajstić information content (AvgIpc) is 2.22. The predicted octanol–water partition coefficient (Wildman–Crippen LogP) is 1.79. The van der Waals surface area contributed by atoms with Gasteiger partial charge < -0.3 is 25.2 Å². The molecule has 21 heavy (non-hydrogen) atoms. The number of hydrogen-bond acceptors (Lipinski definition) is 5. The van der Waals surface area contributed by atoms with Crippen LogP contribution in [-0.2, 0) is 9.47 Å². The molecular formula is C14H28N2O5. The van der Waals surface area contributed by atoms with Gasteiger partial charge in [0, 0.05) is 6.54 Å². The summed E-state index contributed by atoms with van der Waals surface area (Å²) < 4.78 is 10.2. The summed E-state index contributed by atoms with van der Waals surface area (Å²) in [6.07, 6.45) is -0.759. The highest BCUT2D eigenvalue weighted by atomic mass is 16.6. The van der Waals surface area contributed by atoms with Gasteiger partial charge in [0.05, 0.1) is 12.6 Å². The van der Waals surface area contributed by atoms with E-state index in [1.807, 2.05) is 0 Å². The lowest BCUT2D eigenvalue weighted by molar-refractivity contribution is 0.0476. The summed E-state index contributed by atoms with van der Waals surface area (Å²) in [5, 5.41) is 14.3. The Bertz CT molecular complexity index is 344. The van der Waals surface area contributed by atoms with Crippen LogP contribution in [0.1, 0.15) is 48.0 Å². The molecule has 2 amide bonds. The highest BCUT2D eigenvalue weighted by Gasteiger charge is 2.20. The molecule has 0 bridgehead atoms. The topological polar surface area (TPSA) is 96.9 Å². The second-order valence-electron chi connectivity index (χ2n) is 6.74. The SMILES string of the molecule is CC(C)(C)OC(=O)NCC[C@@H](CO)NC(=O)OC(C)(C)C. The van der Waals surface area contributed by atoms with Crippen molar-refractivity contribution in [3.63, 3.8) is 0 Å². The van der Waals surface area contributed by atoms with Gasteiger partial charge in [-0.3, -0.25) is 0 Å². The van der Waals surface area contributed by atoms with Crippen LogP contribution in [0.25, 0.3) is 0 Å². The molecule has 0 aromatic carbocycles. The fraction of sp³-hybridized carbons (Fsp3) is 0.857. The largest absolute Gasteiger partial charge is 0.444 e. The van der Waals surface area contributed by atoms with Gasteiger partial charge in [0.15, 0.2) is 0 Å². The third-order valence-electron chi connectivity index (χ3n) is 2.10.